The van der Waals surface area contributed by atoms with Crippen LogP contribution < -0.4 is 0 Å². The second-order valence-electron chi connectivity index (χ2n) is 6.62. The van der Waals surface area contributed by atoms with E-state index in [2.05, 4.69) is 0 Å². The highest BCUT2D eigenvalue weighted by Crippen LogP contribution is 2.45. The smallest absolute Gasteiger partial charge is 0.197 e. The van der Waals surface area contributed by atoms with Crippen LogP contribution in [0.1, 0.15) is 23.1 Å². The summed E-state index contributed by atoms with van der Waals surface area (Å²) in [5.41, 5.74) is 2.85. The highest BCUT2D eigenvalue weighted by atomic mass is 16.6. The van der Waals surface area contributed by atoms with Crippen molar-refractivity contribution in [2.45, 2.75) is 38.0 Å². The molecule has 2 unspecified atom stereocenters. The van der Waals surface area contributed by atoms with E-state index in [-0.39, 0.29) is 24.0 Å². The van der Waals surface area contributed by atoms with Gasteiger partial charge >= 0.3 is 0 Å². The lowest BCUT2D eigenvalue weighted by atomic mass is 9.95. The molecule has 0 amide bonds. The molecule has 1 aliphatic carbocycles. The number of hydrogen-bond donors (Lipinski definition) is 2. The zero-order valence-electron chi connectivity index (χ0n) is 14.1. The molecule has 132 valence electrons. The van der Waals surface area contributed by atoms with Crippen molar-refractivity contribution in [2.75, 3.05) is 13.2 Å². The molecule has 0 spiro atoms. The van der Waals surface area contributed by atoms with Crippen molar-refractivity contribution in [1.82, 2.24) is 4.57 Å². The van der Waals surface area contributed by atoms with E-state index in [9.17, 15) is 10.2 Å². The third-order valence-corrected chi connectivity index (χ3v) is 4.91. The number of aromatic nitrogens is 1. The molecule has 0 saturated carbocycles. The SMILES string of the molecule is Oc1c2c(c(O)n1CCCOCC=Cc1ccccc1)CC1OC1C2. The maximum Gasteiger partial charge on any atom is 0.197 e. The van der Waals surface area contributed by atoms with Gasteiger partial charge in [0, 0.05) is 37.1 Å². The van der Waals surface area contributed by atoms with Crippen LogP contribution in [0.15, 0.2) is 36.4 Å². The molecule has 5 heteroatoms. The number of ether oxygens (including phenoxy) is 2. The standard InChI is InChI=1S/C20H23NO4/c22-19-15-12-17-18(25-17)13-16(15)20(23)21(19)9-5-11-24-10-4-8-14-6-2-1-3-7-14/h1-4,6-8,17-18,22-23H,5,9-13H2. The zero-order valence-corrected chi connectivity index (χ0v) is 14.1. The Morgan fingerprint density at radius 2 is 1.76 bits per heavy atom. The number of aromatic hydroxyl groups is 2. The van der Waals surface area contributed by atoms with E-state index in [4.69, 9.17) is 9.47 Å². The van der Waals surface area contributed by atoms with Gasteiger partial charge in [0.15, 0.2) is 11.8 Å². The average Bonchev–Trinajstić information content (AvgIpc) is 3.37. The van der Waals surface area contributed by atoms with Crippen LogP contribution in [0.25, 0.3) is 6.08 Å². The Morgan fingerprint density at radius 1 is 1.08 bits per heavy atom. The fourth-order valence-electron chi connectivity index (χ4n) is 3.50. The monoisotopic (exact) mass is 341 g/mol. The van der Waals surface area contributed by atoms with E-state index < -0.39 is 0 Å². The average molecular weight is 341 g/mol. The van der Waals surface area contributed by atoms with E-state index in [1.54, 1.807) is 4.57 Å². The van der Waals surface area contributed by atoms with Gasteiger partial charge in [0.1, 0.15) is 0 Å². The Labute approximate surface area is 147 Å². The van der Waals surface area contributed by atoms with E-state index in [1.807, 2.05) is 42.5 Å². The minimum atomic E-state index is 0.186. The topological polar surface area (TPSA) is 67.2 Å². The van der Waals surface area contributed by atoms with E-state index in [1.165, 1.54) is 0 Å². The van der Waals surface area contributed by atoms with Crippen molar-refractivity contribution in [2.24, 2.45) is 0 Å². The summed E-state index contributed by atoms with van der Waals surface area (Å²) in [6.45, 7) is 1.67. The minimum Gasteiger partial charge on any atom is -0.494 e. The number of hydrogen-bond acceptors (Lipinski definition) is 4. The van der Waals surface area contributed by atoms with Crippen LogP contribution in [-0.4, -0.2) is 40.2 Å². The highest BCUT2D eigenvalue weighted by Gasteiger charge is 2.46. The predicted molar refractivity (Wildman–Crippen MR) is 94.7 cm³/mol. The van der Waals surface area contributed by atoms with Gasteiger partial charge in [0.05, 0.1) is 18.8 Å². The Morgan fingerprint density at radius 3 is 2.44 bits per heavy atom. The summed E-state index contributed by atoms with van der Waals surface area (Å²) in [6, 6.07) is 10.1. The molecule has 0 bridgehead atoms. The maximum absolute atomic E-state index is 10.4. The molecular weight excluding hydrogens is 318 g/mol. The number of rotatable bonds is 7. The quantitative estimate of drug-likeness (QED) is 0.600. The van der Waals surface area contributed by atoms with Crippen molar-refractivity contribution >= 4 is 6.08 Å². The summed E-state index contributed by atoms with van der Waals surface area (Å²) in [5.74, 6) is 0.371. The van der Waals surface area contributed by atoms with Crippen LogP contribution in [0.5, 0.6) is 11.8 Å². The van der Waals surface area contributed by atoms with Gasteiger partial charge < -0.3 is 19.7 Å². The molecule has 5 nitrogen and oxygen atoms in total. The van der Waals surface area contributed by atoms with E-state index >= 15 is 0 Å². The van der Waals surface area contributed by atoms with Gasteiger partial charge in [-0.3, -0.25) is 4.57 Å². The number of benzene rings is 1. The van der Waals surface area contributed by atoms with Crippen LogP contribution in [0.2, 0.25) is 0 Å². The van der Waals surface area contributed by atoms with Gasteiger partial charge in [-0.2, -0.15) is 0 Å². The predicted octanol–water partition coefficient (Wildman–Crippen LogP) is 2.89. The van der Waals surface area contributed by atoms with Gasteiger partial charge in [-0.25, -0.2) is 0 Å². The number of fused-ring (bicyclic) bond motifs is 2. The first-order valence-corrected chi connectivity index (χ1v) is 8.81. The Balaban J connectivity index is 1.24. The van der Waals surface area contributed by atoms with Crippen LogP contribution in [0.3, 0.4) is 0 Å². The molecule has 25 heavy (non-hydrogen) atoms. The zero-order chi connectivity index (χ0) is 17.2. The van der Waals surface area contributed by atoms with Crippen LogP contribution in [0.4, 0.5) is 0 Å². The van der Waals surface area contributed by atoms with Crippen LogP contribution >= 0.6 is 0 Å². The Bertz CT molecular complexity index is 732. The summed E-state index contributed by atoms with van der Waals surface area (Å²) >= 11 is 0. The summed E-state index contributed by atoms with van der Waals surface area (Å²) in [6.07, 6.45) is 6.62. The van der Waals surface area contributed by atoms with Crippen molar-refractivity contribution in [3.63, 3.8) is 0 Å². The molecule has 1 aromatic carbocycles. The molecule has 1 aliphatic heterocycles. The highest BCUT2D eigenvalue weighted by molar-refractivity contribution is 5.49. The molecular formula is C20H23NO4. The summed E-state index contributed by atoms with van der Waals surface area (Å²) in [7, 11) is 0. The molecule has 2 aromatic rings. The lowest BCUT2D eigenvalue weighted by Crippen LogP contribution is -2.09. The fraction of sp³-hybridized carbons (Fsp3) is 0.400. The maximum atomic E-state index is 10.4. The lowest BCUT2D eigenvalue weighted by molar-refractivity contribution is 0.154. The van der Waals surface area contributed by atoms with Crippen molar-refractivity contribution in [3.05, 3.63) is 53.1 Å². The first kappa shape index (κ1) is 16.2. The van der Waals surface area contributed by atoms with Gasteiger partial charge in [-0.1, -0.05) is 42.5 Å². The molecule has 0 radical (unpaired) electrons. The molecule has 2 heterocycles. The van der Waals surface area contributed by atoms with Crippen molar-refractivity contribution in [3.8, 4) is 11.8 Å². The largest absolute Gasteiger partial charge is 0.494 e. The Kier molecular flexibility index (Phi) is 4.51. The van der Waals surface area contributed by atoms with Gasteiger partial charge in [-0.05, 0) is 12.0 Å². The molecule has 1 aromatic heterocycles. The van der Waals surface area contributed by atoms with Gasteiger partial charge in [0.2, 0.25) is 0 Å². The molecule has 2 N–H and O–H groups in total. The first-order chi connectivity index (χ1) is 12.2. The lowest BCUT2D eigenvalue weighted by Gasteiger charge is -2.07. The van der Waals surface area contributed by atoms with Crippen molar-refractivity contribution < 1.29 is 19.7 Å². The summed E-state index contributed by atoms with van der Waals surface area (Å²) in [4.78, 5) is 0. The van der Waals surface area contributed by atoms with E-state index in [0.29, 0.717) is 32.6 Å². The molecule has 1 fully saturated rings. The molecule has 1 saturated heterocycles. The Hall–Kier alpha value is -2.24. The second-order valence-corrected chi connectivity index (χ2v) is 6.62. The third-order valence-electron chi connectivity index (χ3n) is 4.91. The van der Waals surface area contributed by atoms with E-state index in [0.717, 1.165) is 23.1 Å². The van der Waals surface area contributed by atoms with Crippen molar-refractivity contribution in [1.29, 1.82) is 0 Å². The number of nitrogens with zero attached hydrogens (tertiary/aromatic N) is 1. The molecule has 4 rings (SSSR count). The summed E-state index contributed by atoms with van der Waals surface area (Å²) in [5, 5.41) is 20.7. The normalized spacial score (nSPS) is 21.3. The molecule has 2 aliphatic rings. The van der Waals surface area contributed by atoms with Crippen LogP contribution in [0, 0.1) is 0 Å². The second kappa shape index (κ2) is 6.94. The van der Waals surface area contributed by atoms with Gasteiger partial charge in [0.25, 0.3) is 0 Å². The minimum absolute atomic E-state index is 0.186. The van der Waals surface area contributed by atoms with Gasteiger partial charge in [-0.15, -0.1) is 0 Å². The fourth-order valence-corrected chi connectivity index (χ4v) is 3.50. The number of epoxide rings is 1. The third kappa shape index (κ3) is 3.43. The summed E-state index contributed by atoms with van der Waals surface area (Å²) < 4.78 is 12.7. The van der Waals surface area contributed by atoms with Crippen LogP contribution in [-0.2, 0) is 28.9 Å². The molecule has 2 atom stereocenters. The first-order valence-electron chi connectivity index (χ1n) is 8.81.